The van der Waals surface area contributed by atoms with Crippen molar-refractivity contribution < 1.29 is 4.79 Å². The van der Waals surface area contributed by atoms with E-state index >= 15 is 0 Å². The number of carbonyl (C=O) groups excluding carboxylic acids is 1. The first kappa shape index (κ1) is 15.6. The zero-order chi connectivity index (χ0) is 16.5. The minimum absolute atomic E-state index is 0.133. The Balaban J connectivity index is 1.58. The first-order chi connectivity index (χ1) is 11.7. The molecule has 1 fully saturated rings. The van der Waals surface area contributed by atoms with E-state index in [0.29, 0.717) is 18.0 Å². The maximum Gasteiger partial charge on any atom is 0.261 e. The Labute approximate surface area is 144 Å². The predicted octanol–water partition coefficient (Wildman–Crippen LogP) is 2.73. The van der Waals surface area contributed by atoms with Gasteiger partial charge in [0.15, 0.2) is 0 Å². The monoisotopic (exact) mass is 343 g/mol. The molecule has 126 valence electrons. The lowest BCUT2D eigenvalue weighted by atomic mass is 9.94. The van der Waals surface area contributed by atoms with Crippen LogP contribution in [0.15, 0.2) is 22.4 Å². The van der Waals surface area contributed by atoms with E-state index in [1.807, 2.05) is 22.5 Å². The van der Waals surface area contributed by atoms with Crippen LogP contribution in [0.5, 0.6) is 0 Å². The zero-order valence-electron chi connectivity index (χ0n) is 13.6. The maximum absolute atomic E-state index is 12.9. The molecule has 0 saturated carbocycles. The molecule has 1 amide bonds. The summed E-state index contributed by atoms with van der Waals surface area (Å²) >= 11 is 1.64. The zero-order valence-corrected chi connectivity index (χ0v) is 14.4. The Morgan fingerprint density at radius 3 is 3.00 bits per heavy atom. The molecule has 24 heavy (non-hydrogen) atoms. The number of hydrogen-bond acceptors (Lipinski definition) is 4. The largest absolute Gasteiger partial charge is 0.338 e. The number of aryl methyl sites for hydroxylation is 2. The molecule has 5 nitrogen and oxygen atoms in total. The van der Waals surface area contributed by atoms with E-state index in [0.717, 1.165) is 61.3 Å². The van der Waals surface area contributed by atoms with Gasteiger partial charge in [-0.15, -0.1) is 11.3 Å². The molecule has 1 saturated heterocycles. The third-order valence-corrected chi connectivity index (χ3v) is 6.02. The van der Waals surface area contributed by atoms with E-state index in [1.165, 1.54) is 0 Å². The van der Waals surface area contributed by atoms with E-state index in [4.69, 9.17) is 0 Å². The van der Waals surface area contributed by atoms with Crippen molar-refractivity contribution in [2.45, 2.75) is 44.4 Å². The van der Waals surface area contributed by atoms with Crippen molar-refractivity contribution in [3.63, 3.8) is 0 Å². The van der Waals surface area contributed by atoms with Crippen LogP contribution in [-0.2, 0) is 12.8 Å². The minimum Gasteiger partial charge on any atom is -0.338 e. The van der Waals surface area contributed by atoms with Crippen LogP contribution in [0, 0.1) is 0 Å². The second-order valence-electron chi connectivity index (χ2n) is 6.68. The fourth-order valence-corrected chi connectivity index (χ4v) is 4.57. The first-order valence-corrected chi connectivity index (χ1v) is 9.54. The quantitative estimate of drug-likeness (QED) is 0.912. The average molecular weight is 343 g/mol. The number of H-pyrrole nitrogens is 1. The summed E-state index contributed by atoms with van der Waals surface area (Å²) < 4.78 is 0. The molecule has 0 spiro atoms. The van der Waals surface area contributed by atoms with Gasteiger partial charge in [-0.1, -0.05) is 0 Å². The summed E-state index contributed by atoms with van der Waals surface area (Å²) in [5.74, 6) is 0.158. The average Bonchev–Trinajstić information content (AvgIpc) is 3.15. The van der Waals surface area contributed by atoms with E-state index in [2.05, 4.69) is 9.97 Å². The number of aromatic nitrogens is 2. The predicted molar refractivity (Wildman–Crippen MR) is 93.7 cm³/mol. The van der Waals surface area contributed by atoms with Gasteiger partial charge in [0.1, 0.15) is 5.56 Å². The lowest BCUT2D eigenvalue weighted by Gasteiger charge is -2.32. The molecule has 4 rings (SSSR count). The number of rotatable bonds is 2. The summed E-state index contributed by atoms with van der Waals surface area (Å²) in [5, 5.41) is 3.07. The van der Waals surface area contributed by atoms with E-state index in [-0.39, 0.29) is 11.5 Å². The van der Waals surface area contributed by atoms with Crippen LogP contribution in [0.1, 0.15) is 58.2 Å². The minimum atomic E-state index is -0.239. The second-order valence-corrected chi connectivity index (χ2v) is 7.61. The van der Waals surface area contributed by atoms with Gasteiger partial charge in [-0.05, 0) is 50.2 Å². The van der Waals surface area contributed by atoms with Gasteiger partial charge in [0.05, 0.1) is 5.01 Å². The highest BCUT2D eigenvalue weighted by molar-refractivity contribution is 7.09. The van der Waals surface area contributed by atoms with Crippen molar-refractivity contribution in [2.24, 2.45) is 0 Å². The van der Waals surface area contributed by atoms with E-state index in [1.54, 1.807) is 11.3 Å². The van der Waals surface area contributed by atoms with Crippen LogP contribution in [-0.4, -0.2) is 33.9 Å². The van der Waals surface area contributed by atoms with Gasteiger partial charge in [-0.3, -0.25) is 9.59 Å². The second kappa shape index (κ2) is 6.51. The van der Waals surface area contributed by atoms with Crippen LogP contribution < -0.4 is 5.56 Å². The standard InChI is InChI=1S/C18H21N3O2S/c22-16-14(10-12-4-1-2-6-15(12)20-16)18(23)21-8-3-5-13(11-21)17-19-7-9-24-17/h7,9-10,13H,1-6,8,11H2,(H,20,22)/t13-/m1/s1. The number of pyridine rings is 1. The van der Waals surface area contributed by atoms with Crippen LogP contribution >= 0.6 is 11.3 Å². The first-order valence-electron chi connectivity index (χ1n) is 8.66. The van der Waals surface area contributed by atoms with Crippen molar-refractivity contribution in [3.8, 4) is 0 Å². The lowest BCUT2D eigenvalue weighted by Crippen LogP contribution is -2.41. The molecule has 0 unspecified atom stereocenters. The molecular formula is C18H21N3O2S. The molecule has 2 aromatic heterocycles. The molecule has 3 heterocycles. The Morgan fingerprint density at radius 2 is 2.17 bits per heavy atom. The molecule has 1 atom stereocenters. The summed E-state index contributed by atoms with van der Waals surface area (Å²) in [6.45, 7) is 1.38. The van der Waals surface area contributed by atoms with Crippen LogP contribution in [0.25, 0.3) is 0 Å². The van der Waals surface area contributed by atoms with Gasteiger partial charge in [0.25, 0.3) is 11.5 Å². The fourth-order valence-electron chi connectivity index (χ4n) is 3.80. The molecular weight excluding hydrogens is 322 g/mol. The number of aromatic amines is 1. The number of likely N-dealkylation sites (tertiary alicyclic amines) is 1. The maximum atomic E-state index is 12.9. The van der Waals surface area contributed by atoms with Crippen LogP contribution in [0.4, 0.5) is 0 Å². The third-order valence-electron chi connectivity index (χ3n) is 5.08. The molecule has 1 N–H and O–H groups in total. The summed E-state index contributed by atoms with van der Waals surface area (Å²) in [7, 11) is 0. The highest BCUT2D eigenvalue weighted by Crippen LogP contribution is 2.29. The number of piperidine rings is 1. The summed E-state index contributed by atoms with van der Waals surface area (Å²) in [5.41, 5.74) is 2.22. The van der Waals surface area contributed by atoms with Crippen LogP contribution in [0.2, 0.25) is 0 Å². The summed E-state index contributed by atoms with van der Waals surface area (Å²) in [4.78, 5) is 34.4. The molecule has 6 heteroatoms. The molecule has 2 aromatic rings. The van der Waals surface area contributed by atoms with Crippen molar-refractivity contribution in [1.29, 1.82) is 0 Å². The van der Waals surface area contributed by atoms with Crippen molar-refractivity contribution in [3.05, 3.63) is 49.8 Å². The van der Waals surface area contributed by atoms with Crippen LogP contribution in [0.3, 0.4) is 0 Å². The van der Waals surface area contributed by atoms with Gasteiger partial charge in [0.2, 0.25) is 0 Å². The van der Waals surface area contributed by atoms with E-state index in [9.17, 15) is 9.59 Å². The highest BCUT2D eigenvalue weighted by atomic mass is 32.1. The molecule has 0 radical (unpaired) electrons. The highest BCUT2D eigenvalue weighted by Gasteiger charge is 2.28. The van der Waals surface area contributed by atoms with Gasteiger partial charge in [-0.25, -0.2) is 4.98 Å². The SMILES string of the molecule is O=C(c1cc2c([nH]c1=O)CCCC2)N1CCC[C@@H](c2nccs2)C1. The van der Waals surface area contributed by atoms with Gasteiger partial charge >= 0.3 is 0 Å². The summed E-state index contributed by atoms with van der Waals surface area (Å²) in [6, 6.07) is 1.84. The van der Waals surface area contributed by atoms with Crippen molar-refractivity contribution in [1.82, 2.24) is 14.9 Å². The number of carbonyl (C=O) groups is 1. The lowest BCUT2D eigenvalue weighted by molar-refractivity contribution is 0.0705. The number of amides is 1. The van der Waals surface area contributed by atoms with Gasteiger partial charge < -0.3 is 9.88 Å². The smallest absolute Gasteiger partial charge is 0.261 e. The number of hydrogen-bond donors (Lipinski definition) is 1. The topological polar surface area (TPSA) is 66.1 Å². The number of fused-ring (bicyclic) bond motifs is 1. The molecule has 0 bridgehead atoms. The van der Waals surface area contributed by atoms with E-state index < -0.39 is 0 Å². The number of nitrogens with zero attached hydrogens (tertiary/aromatic N) is 2. The van der Waals surface area contributed by atoms with Crippen molar-refractivity contribution in [2.75, 3.05) is 13.1 Å². The number of nitrogens with one attached hydrogen (secondary N) is 1. The third kappa shape index (κ3) is 2.90. The molecule has 2 aliphatic rings. The molecule has 1 aliphatic heterocycles. The fraction of sp³-hybridized carbons (Fsp3) is 0.500. The Hall–Kier alpha value is -1.95. The normalized spacial score (nSPS) is 20.7. The number of thiazole rings is 1. The molecule has 1 aliphatic carbocycles. The van der Waals surface area contributed by atoms with Gasteiger partial charge in [-0.2, -0.15) is 0 Å². The Morgan fingerprint density at radius 1 is 1.29 bits per heavy atom. The molecule has 0 aromatic carbocycles. The van der Waals surface area contributed by atoms with Crippen molar-refractivity contribution >= 4 is 17.2 Å². The van der Waals surface area contributed by atoms with Gasteiger partial charge in [0, 0.05) is 36.3 Å². The summed E-state index contributed by atoms with van der Waals surface area (Å²) in [6.07, 6.45) is 7.93. The Bertz CT molecular complexity index is 797. The Kier molecular flexibility index (Phi) is 4.22.